The summed E-state index contributed by atoms with van der Waals surface area (Å²) in [6.07, 6.45) is 3.25. The van der Waals surface area contributed by atoms with Crippen molar-refractivity contribution in [2.75, 3.05) is 26.2 Å². The Morgan fingerprint density at radius 2 is 2.10 bits per heavy atom. The summed E-state index contributed by atoms with van der Waals surface area (Å²) in [6.45, 7) is 5.40. The van der Waals surface area contributed by atoms with Crippen LogP contribution in [0.4, 0.5) is 4.79 Å². The van der Waals surface area contributed by atoms with Crippen LogP contribution in [0.25, 0.3) is 0 Å². The van der Waals surface area contributed by atoms with Crippen LogP contribution in [0.2, 0.25) is 0 Å². The molecule has 9 heteroatoms. The van der Waals surface area contributed by atoms with Crippen LogP contribution in [0.3, 0.4) is 0 Å². The van der Waals surface area contributed by atoms with Crippen molar-refractivity contribution in [3.63, 3.8) is 0 Å². The zero-order chi connectivity index (χ0) is 15.5. The van der Waals surface area contributed by atoms with Gasteiger partial charge in [-0.1, -0.05) is 0 Å². The predicted octanol–water partition coefficient (Wildman–Crippen LogP) is 0.224. The first-order valence-electron chi connectivity index (χ1n) is 6.95. The molecule has 2 rings (SSSR count). The van der Waals surface area contributed by atoms with Crippen molar-refractivity contribution in [1.29, 1.82) is 0 Å². The number of aromatic amines is 1. The average molecular weight is 315 g/mol. The van der Waals surface area contributed by atoms with Crippen molar-refractivity contribution in [3.8, 4) is 0 Å². The molecule has 1 aliphatic heterocycles. The molecule has 0 aliphatic carbocycles. The van der Waals surface area contributed by atoms with E-state index in [0.717, 1.165) is 0 Å². The predicted molar refractivity (Wildman–Crippen MR) is 77.2 cm³/mol. The van der Waals surface area contributed by atoms with E-state index in [0.29, 0.717) is 26.1 Å². The topological polar surface area (TPSA) is 98.4 Å². The summed E-state index contributed by atoms with van der Waals surface area (Å²) in [6, 6.07) is -0.0867. The molecule has 0 saturated carbocycles. The minimum Gasteiger partial charge on any atom is -0.336 e. The normalized spacial score (nSPS) is 17.8. The van der Waals surface area contributed by atoms with Crippen LogP contribution in [-0.4, -0.2) is 65.8 Å². The van der Waals surface area contributed by atoms with E-state index in [1.807, 2.05) is 13.8 Å². The lowest BCUT2D eigenvalue weighted by atomic mass is 10.4. The Labute approximate surface area is 124 Å². The number of nitrogens with one attached hydrogen (secondary N) is 2. The largest absolute Gasteiger partial charge is 0.336 e. The fourth-order valence-corrected chi connectivity index (χ4v) is 3.56. The highest BCUT2D eigenvalue weighted by Gasteiger charge is 2.29. The average Bonchev–Trinajstić information content (AvgIpc) is 2.82. The summed E-state index contributed by atoms with van der Waals surface area (Å²) in [5.74, 6) is 0. The number of rotatable bonds is 3. The number of imidazole rings is 1. The summed E-state index contributed by atoms with van der Waals surface area (Å²) in [7, 11) is -3.56. The van der Waals surface area contributed by atoms with E-state index in [1.54, 1.807) is 4.90 Å². The first-order chi connectivity index (χ1) is 9.91. The van der Waals surface area contributed by atoms with Crippen molar-refractivity contribution in [2.45, 2.75) is 31.3 Å². The Bertz CT molecular complexity index is 570. The third-order valence-electron chi connectivity index (χ3n) is 3.25. The Kier molecular flexibility index (Phi) is 4.84. The number of aromatic nitrogens is 2. The molecule has 2 N–H and O–H groups in total. The Morgan fingerprint density at radius 1 is 1.33 bits per heavy atom. The number of H-pyrrole nitrogens is 1. The number of sulfonamides is 1. The van der Waals surface area contributed by atoms with Gasteiger partial charge in [-0.05, 0) is 20.3 Å². The second-order valence-electron chi connectivity index (χ2n) is 5.26. The molecule has 21 heavy (non-hydrogen) atoms. The number of carbonyl (C=O) groups is 1. The highest BCUT2D eigenvalue weighted by Crippen LogP contribution is 2.15. The van der Waals surface area contributed by atoms with E-state index in [4.69, 9.17) is 0 Å². The van der Waals surface area contributed by atoms with E-state index < -0.39 is 10.0 Å². The molecule has 0 aromatic carbocycles. The molecular formula is C12H21N5O3S. The van der Waals surface area contributed by atoms with Crippen LogP contribution in [0.1, 0.15) is 20.3 Å². The lowest BCUT2D eigenvalue weighted by molar-refractivity contribution is 0.198. The van der Waals surface area contributed by atoms with E-state index in [1.165, 1.54) is 16.8 Å². The molecule has 0 unspecified atom stereocenters. The third-order valence-corrected chi connectivity index (χ3v) is 5.07. The number of hydrogen-bond acceptors (Lipinski definition) is 4. The fraction of sp³-hybridized carbons (Fsp3) is 0.667. The number of urea groups is 1. The molecule has 8 nitrogen and oxygen atoms in total. The quantitative estimate of drug-likeness (QED) is 0.834. The number of amides is 2. The number of hydrogen-bond donors (Lipinski definition) is 2. The molecule has 0 spiro atoms. The molecule has 118 valence electrons. The molecule has 0 atom stereocenters. The van der Waals surface area contributed by atoms with Crippen molar-refractivity contribution < 1.29 is 13.2 Å². The van der Waals surface area contributed by atoms with Crippen molar-refractivity contribution >= 4 is 16.1 Å². The summed E-state index contributed by atoms with van der Waals surface area (Å²) in [4.78, 5) is 20.0. The van der Waals surface area contributed by atoms with Gasteiger partial charge in [0.1, 0.15) is 0 Å². The molecule has 2 heterocycles. The SMILES string of the molecule is CC(C)NC(=O)N1CCCN(S(=O)(=O)c2cnc[nH]2)CC1. The minimum absolute atomic E-state index is 0.0607. The molecule has 1 saturated heterocycles. The molecule has 1 fully saturated rings. The van der Waals surface area contributed by atoms with Gasteiger partial charge in [0.05, 0.1) is 12.5 Å². The van der Waals surface area contributed by atoms with Gasteiger partial charge in [0.2, 0.25) is 0 Å². The van der Waals surface area contributed by atoms with Crippen LogP contribution >= 0.6 is 0 Å². The molecular weight excluding hydrogens is 294 g/mol. The van der Waals surface area contributed by atoms with Crippen LogP contribution in [0.15, 0.2) is 17.6 Å². The van der Waals surface area contributed by atoms with E-state index in [9.17, 15) is 13.2 Å². The third kappa shape index (κ3) is 3.73. The molecule has 1 aliphatic rings. The van der Waals surface area contributed by atoms with Gasteiger partial charge in [0.15, 0.2) is 5.03 Å². The van der Waals surface area contributed by atoms with Crippen LogP contribution in [-0.2, 0) is 10.0 Å². The van der Waals surface area contributed by atoms with Gasteiger partial charge in [-0.2, -0.15) is 4.31 Å². The second kappa shape index (κ2) is 6.44. The maximum absolute atomic E-state index is 12.4. The Balaban J connectivity index is 2.03. The first kappa shape index (κ1) is 15.8. The van der Waals surface area contributed by atoms with E-state index in [2.05, 4.69) is 15.3 Å². The first-order valence-corrected chi connectivity index (χ1v) is 8.39. The van der Waals surface area contributed by atoms with Gasteiger partial charge in [-0.3, -0.25) is 0 Å². The van der Waals surface area contributed by atoms with Crippen LogP contribution < -0.4 is 5.32 Å². The molecule has 0 bridgehead atoms. The highest BCUT2D eigenvalue weighted by atomic mass is 32.2. The summed E-state index contributed by atoms with van der Waals surface area (Å²) < 4.78 is 26.2. The molecule has 0 radical (unpaired) electrons. The van der Waals surface area contributed by atoms with Crippen molar-refractivity contribution in [2.24, 2.45) is 0 Å². The van der Waals surface area contributed by atoms with Crippen LogP contribution in [0, 0.1) is 0 Å². The van der Waals surface area contributed by atoms with Gasteiger partial charge in [0, 0.05) is 32.2 Å². The number of nitrogens with zero attached hydrogens (tertiary/aromatic N) is 3. The molecule has 2 amide bonds. The summed E-state index contributed by atoms with van der Waals surface area (Å²) >= 11 is 0. The molecule has 1 aromatic heterocycles. The zero-order valence-corrected chi connectivity index (χ0v) is 13.1. The van der Waals surface area contributed by atoms with Gasteiger partial charge in [-0.15, -0.1) is 0 Å². The number of carbonyl (C=O) groups excluding carboxylic acids is 1. The zero-order valence-electron chi connectivity index (χ0n) is 12.2. The standard InChI is InChI=1S/C12H21N5O3S/c1-10(2)15-12(18)16-4-3-5-17(7-6-16)21(19,20)11-8-13-9-14-11/h8-10H,3-7H2,1-2H3,(H,13,14)(H,15,18). The Morgan fingerprint density at radius 3 is 2.71 bits per heavy atom. The van der Waals surface area contributed by atoms with Gasteiger partial charge in [0.25, 0.3) is 10.0 Å². The maximum atomic E-state index is 12.4. The highest BCUT2D eigenvalue weighted by molar-refractivity contribution is 7.89. The van der Waals surface area contributed by atoms with Crippen molar-refractivity contribution in [3.05, 3.63) is 12.5 Å². The van der Waals surface area contributed by atoms with Crippen molar-refractivity contribution in [1.82, 2.24) is 24.5 Å². The van der Waals surface area contributed by atoms with E-state index in [-0.39, 0.29) is 23.6 Å². The lowest BCUT2D eigenvalue weighted by Crippen LogP contribution is -2.44. The van der Waals surface area contributed by atoms with Gasteiger partial charge < -0.3 is 15.2 Å². The van der Waals surface area contributed by atoms with Crippen LogP contribution in [0.5, 0.6) is 0 Å². The lowest BCUT2D eigenvalue weighted by Gasteiger charge is -2.23. The monoisotopic (exact) mass is 315 g/mol. The van der Waals surface area contributed by atoms with Gasteiger partial charge >= 0.3 is 6.03 Å². The summed E-state index contributed by atoms with van der Waals surface area (Å²) in [5, 5.41) is 2.91. The Hall–Kier alpha value is -1.61. The smallest absolute Gasteiger partial charge is 0.317 e. The minimum atomic E-state index is -3.56. The maximum Gasteiger partial charge on any atom is 0.317 e. The fourth-order valence-electron chi connectivity index (χ4n) is 2.20. The second-order valence-corrected chi connectivity index (χ2v) is 7.17. The molecule has 1 aromatic rings. The van der Waals surface area contributed by atoms with E-state index >= 15 is 0 Å². The van der Waals surface area contributed by atoms with Gasteiger partial charge in [-0.25, -0.2) is 18.2 Å². The summed E-state index contributed by atoms with van der Waals surface area (Å²) in [5.41, 5.74) is 0.